The molecule has 0 aliphatic carbocycles. The van der Waals surface area contributed by atoms with Crippen LogP contribution in [0.25, 0.3) is 0 Å². The lowest BCUT2D eigenvalue weighted by atomic mass is 10.2. The zero-order chi connectivity index (χ0) is 11.8. The lowest BCUT2D eigenvalue weighted by Gasteiger charge is -2.07. The summed E-state index contributed by atoms with van der Waals surface area (Å²) in [6, 6.07) is 0. The molecule has 4 heteroatoms. The number of unbranched alkanes of at least 4 members (excludes halogenated alkanes) is 2. The van der Waals surface area contributed by atoms with Gasteiger partial charge in [-0.25, -0.2) is 0 Å². The molecule has 0 unspecified atom stereocenters. The van der Waals surface area contributed by atoms with Gasteiger partial charge in [-0.15, -0.1) is 0 Å². The Labute approximate surface area is 112 Å². The van der Waals surface area contributed by atoms with E-state index in [0.29, 0.717) is 0 Å². The highest BCUT2D eigenvalue weighted by Gasteiger charge is 1.96. The van der Waals surface area contributed by atoms with E-state index in [1.54, 1.807) is 0 Å². The molecule has 0 saturated heterocycles. The van der Waals surface area contributed by atoms with Crippen molar-refractivity contribution in [2.45, 2.75) is 39.7 Å². The molecule has 0 aliphatic heterocycles. The number of rotatable bonds is 8. The normalized spacial score (nSPS) is 11.2. The smallest absolute Gasteiger partial charge is 0.0623 e. The van der Waals surface area contributed by atoms with Crippen molar-refractivity contribution in [2.24, 2.45) is 5.92 Å². The van der Waals surface area contributed by atoms with Gasteiger partial charge in [0.25, 0.3) is 0 Å². The minimum Gasteiger partial charge on any atom is -0.316 e. The average molecular weight is 335 g/mol. The van der Waals surface area contributed by atoms with Crippen molar-refractivity contribution in [3.05, 3.63) is 16.0 Å². The highest BCUT2D eigenvalue weighted by molar-refractivity contribution is 14.1. The first-order chi connectivity index (χ1) is 7.68. The number of hydrogen-bond acceptors (Lipinski definition) is 2. The van der Waals surface area contributed by atoms with Gasteiger partial charge in [0.15, 0.2) is 0 Å². The molecule has 3 nitrogen and oxygen atoms in total. The van der Waals surface area contributed by atoms with Crippen LogP contribution in [0.2, 0.25) is 0 Å². The molecule has 0 fully saturated rings. The monoisotopic (exact) mass is 335 g/mol. The molecule has 0 bridgehead atoms. The van der Waals surface area contributed by atoms with Crippen molar-refractivity contribution in [3.63, 3.8) is 0 Å². The van der Waals surface area contributed by atoms with E-state index in [2.05, 4.69) is 53.1 Å². The van der Waals surface area contributed by atoms with E-state index in [9.17, 15) is 0 Å². The van der Waals surface area contributed by atoms with Gasteiger partial charge in [-0.2, -0.15) is 5.10 Å². The number of aryl methyl sites for hydroxylation is 1. The SMILES string of the molecule is CC(C)CNCCCCCn1cc(I)cn1. The van der Waals surface area contributed by atoms with Gasteiger partial charge < -0.3 is 5.32 Å². The van der Waals surface area contributed by atoms with E-state index < -0.39 is 0 Å². The summed E-state index contributed by atoms with van der Waals surface area (Å²) in [4.78, 5) is 0. The second-order valence-electron chi connectivity index (χ2n) is 4.58. The van der Waals surface area contributed by atoms with Crippen LogP contribution in [0, 0.1) is 9.49 Å². The highest BCUT2D eigenvalue weighted by atomic mass is 127. The van der Waals surface area contributed by atoms with Crippen molar-refractivity contribution in [1.29, 1.82) is 0 Å². The molecule has 1 rings (SSSR count). The largest absolute Gasteiger partial charge is 0.316 e. The summed E-state index contributed by atoms with van der Waals surface area (Å²) >= 11 is 2.29. The van der Waals surface area contributed by atoms with Crippen LogP contribution in [-0.2, 0) is 6.54 Å². The number of nitrogens with one attached hydrogen (secondary N) is 1. The molecule has 0 amide bonds. The predicted molar refractivity (Wildman–Crippen MR) is 76.5 cm³/mol. The van der Waals surface area contributed by atoms with Gasteiger partial charge >= 0.3 is 0 Å². The van der Waals surface area contributed by atoms with Crippen LogP contribution in [0.5, 0.6) is 0 Å². The fourth-order valence-electron chi connectivity index (χ4n) is 1.55. The summed E-state index contributed by atoms with van der Waals surface area (Å²) in [5.41, 5.74) is 0. The molecule has 0 saturated carbocycles. The van der Waals surface area contributed by atoms with E-state index in [4.69, 9.17) is 0 Å². The van der Waals surface area contributed by atoms with E-state index in [1.807, 2.05) is 10.9 Å². The minimum atomic E-state index is 0.756. The van der Waals surface area contributed by atoms with Gasteiger partial charge in [-0.3, -0.25) is 4.68 Å². The predicted octanol–water partition coefficient (Wildman–Crippen LogP) is 2.90. The van der Waals surface area contributed by atoms with Crippen LogP contribution in [0.1, 0.15) is 33.1 Å². The fraction of sp³-hybridized carbons (Fsp3) is 0.750. The maximum atomic E-state index is 4.27. The van der Waals surface area contributed by atoms with Gasteiger partial charge in [0.1, 0.15) is 0 Å². The molecule has 1 N–H and O–H groups in total. The molecular formula is C12H22IN3. The first kappa shape index (κ1) is 14.0. The summed E-state index contributed by atoms with van der Waals surface area (Å²) in [6.45, 7) is 7.82. The lowest BCUT2D eigenvalue weighted by molar-refractivity contribution is 0.506. The van der Waals surface area contributed by atoms with Crippen LogP contribution >= 0.6 is 22.6 Å². The van der Waals surface area contributed by atoms with E-state index >= 15 is 0 Å². The van der Waals surface area contributed by atoms with Gasteiger partial charge in [0.05, 0.1) is 9.77 Å². The van der Waals surface area contributed by atoms with Crippen LogP contribution in [0.15, 0.2) is 12.4 Å². The molecular weight excluding hydrogens is 313 g/mol. The molecule has 1 aromatic rings. The quantitative estimate of drug-likeness (QED) is 0.585. The third-order valence-electron chi connectivity index (χ3n) is 2.40. The average Bonchev–Trinajstić information content (AvgIpc) is 2.62. The van der Waals surface area contributed by atoms with E-state index in [1.165, 1.54) is 22.8 Å². The van der Waals surface area contributed by atoms with Gasteiger partial charge in [0, 0.05) is 12.7 Å². The Balaban J connectivity index is 1.92. The van der Waals surface area contributed by atoms with Crippen molar-refractivity contribution in [3.8, 4) is 0 Å². The highest BCUT2D eigenvalue weighted by Crippen LogP contribution is 2.03. The lowest BCUT2D eigenvalue weighted by Crippen LogP contribution is -2.20. The summed E-state index contributed by atoms with van der Waals surface area (Å²) in [5.74, 6) is 0.756. The van der Waals surface area contributed by atoms with E-state index in [-0.39, 0.29) is 0 Å². The Morgan fingerprint density at radius 2 is 2.19 bits per heavy atom. The molecule has 92 valence electrons. The van der Waals surface area contributed by atoms with Crippen LogP contribution < -0.4 is 5.32 Å². The zero-order valence-electron chi connectivity index (χ0n) is 10.2. The number of aromatic nitrogens is 2. The Bertz CT molecular complexity index is 284. The Hall–Kier alpha value is -0.100. The molecule has 0 spiro atoms. The van der Waals surface area contributed by atoms with Gasteiger partial charge in [0.2, 0.25) is 0 Å². The van der Waals surface area contributed by atoms with Gasteiger partial charge in [-0.1, -0.05) is 20.3 Å². The zero-order valence-corrected chi connectivity index (χ0v) is 12.4. The summed E-state index contributed by atoms with van der Waals surface area (Å²) in [6.07, 6.45) is 7.77. The molecule has 0 radical (unpaired) electrons. The van der Waals surface area contributed by atoms with Crippen LogP contribution in [0.4, 0.5) is 0 Å². The number of nitrogens with zero attached hydrogens (tertiary/aromatic N) is 2. The Kier molecular flexibility index (Phi) is 7.03. The fourth-order valence-corrected chi connectivity index (χ4v) is 2.00. The molecule has 0 aromatic carbocycles. The van der Waals surface area contributed by atoms with Crippen molar-refractivity contribution < 1.29 is 0 Å². The Morgan fingerprint density at radius 3 is 2.81 bits per heavy atom. The first-order valence-corrected chi connectivity index (χ1v) is 7.15. The number of hydrogen-bond donors (Lipinski definition) is 1. The third-order valence-corrected chi connectivity index (χ3v) is 2.95. The van der Waals surface area contributed by atoms with Crippen molar-refractivity contribution >= 4 is 22.6 Å². The summed E-state index contributed by atoms with van der Waals surface area (Å²) < 4.78 is 3.25. The maximum Gasteiger partial charge on any atom is 0.0623 e. The standard InChI is InChI=1S/C12H22IN3/c1-11(2)8-14-6-4-3-5-7-16-10-12(13)9-15-16/h9-11,14H,3-8H2,1-2H3. The molecule has 1 aromatic heterocycles. The minimum absolute atomic E-state index is 0.756. The van der Waals surface area contributed by atoms with Crippen LogP contribution in [-0.4, -0.2) is 22.9 Å². The maximum absolute atomic E-state index is 4.27. The topological polar surface area (TPSA) is 29.9 Å². The van der Waals surface area contributed by atoms with E-state index in [0.717, 1.165) is 25.6 Å². The van der Waals surface area contributed by atoms with Gasteiger partial charge in [-0.05, 0) is 54.4 Å². The van der Waals surface area contributed by atoms with Crippen LogP contribution in [0.3, 0.4) is 0 Å². The summed E-state index contributed by atoms with van der Waals surface area (Å²) in [7, 11) is 0. The van der Waals surface area contributed by atoms with Crippen molar-refractivity contribution in [1.82, 2.24) is 15.1 Å². The first-order valence-electron chi connectivity index (χ1n) is 6.07. The molecule has 1 heterocycles. The molecule has 0 atom stereocenters. The summed E-state index contributed by atoms with van der Waals surface area (Å²) in [5, 5.41) is 7.73. The second-order valence-corrected chi connectivity index (χ2v) is 5.83. The molecule has 16 heavy (non-hydrogen) atoms. The van der Waals surface area contributed by atoms with Crippen molar-refractivity contribution in [2.75, 3.05) is 13.1 Å². The molecule has 0 aliphatic rings. The Morgan fingerprint density at radius 1 is 1.38 bits per heavy atom. The number of halogens is 1. The second kappa shape index (κ2) is 8.06. The third kappa shape index (κ3) is 6.48.